The van der Waals surface area contributed by atoms with E-state index >= 15 is 0 Å². The fourth-order valence-electron chi connectivity index (χ4n) is 2.60. The van der Waals surface area contributed by atoms with Crippen LogP contribution in [0.5, 0.6) is 0 Å². The Hall–Kier alpha value is -1.46. The highest BCUT2D eigenvalue weighted by Crippen LogP contribution is 2.33. The van der Waals surface area contributed by atoms with Crippen molar-refractivity contribution in [3.8, 4) is 0 Å². The van der Waals surface area contributed by atoms with Crippen LogP contribution in [-0.2, 0) is 9.47 Å². The van der Waals surface area contributed by atoms with Crippen molar-refractivity contribution in [2.45, 2.75) is 38.3 Å². The summed E-state index contributed by atoms with van der Waals surface area (Å²) in [7, 11) is 1.33. The number of nitrogens with two attached hydrogens (primary N) is 1. The SMILES string of the molecule is COC(=O)c1cc(N)cc(Cl)c1NC1CCOC(C)(C)C1. The molecule has 21 heavy (non-hydrogen) atoms. The monoisotopic (exact) mass is 312 g/mol. The van der Waals surface area contributed by atoms with Crippen molar-refractivity contribution < 1.29 is 14.3 Å². The minimum Gasteiger partial charge on any atom is -0.465 e. The first kappa shape index (κ1) is 15.9. The lowest BCUT2D eigenvalue weighted by Gasteiger charge is -2.36. The maximum atomic E-state index is 11.9. The summed E-state index contributed by atoms with van der Waals surface area (Å²) in [5.41, 5.74) is 6.92. The topological polar surface area (TPSA) is 73.6 Å². The lowest BCUT2D eigenvalue weighted by molar-refractivity contribution is -0.0553. The third-order valence-electron chi connectivity index (χ3n) is 3.56. The van der Waals surface area contributed by atoms with Gasteiger partial charge in [-0.25, -0.2) is 4.79 Å². The number of esters is 1. The zero-order chi connectivity index (χ0) is 15.6. The average molecular weight is 313 g/mol. The zero-order valence-corrected chi connectivity index (χ0v) is 13.3. The van der Waals surface area contributed by atoms with Crippen molar-refractivity contribution in [2.24, 2.45) is 0 Å². The Morgan fingerprint density at radius 2 is 2.24 bits per heavy atom. The number of hydrogen-bond acceptors (Lipinski definition) is 5. The molecule has 3 N–H and O–H groups in total. The van der Waals surface area contributed by atoms with Crippen molar-refractivity contribution in [3.05, 3.63) is 22.7 Å². The van der Waals surface area contributed by atoms with E-state index in [2.05, 4.69) is 5.32 Å². The molecule has 1 heterocycles. The van der Waals surface area contributed by atoms with Gasteiger partial charge < -0.3 is 20.5 Å². The van der Waals surface area contributed by atoms with Crippen LogP contribution in [0.25, 0.3) is 0 Å². The second kappa shape index (κ2) is 6.12. The van der Waals surface area contributed by atoms with E-state index in [1.165, 1.54) is 7.11 Å². The summed E-state index contributed by atoms with van der Waals surface area (Å²) < 4.78 is 10.5. The number of benzene rings is 1. The summed E-state index contributed by atoms with van der Waals surface area (Å²) in [5, 5.41) is 3.76. The van der Waals surface area contributed by atoms with Gasteiger partial charge in [0.1, 0.15) is 0 Å². The zero-order valence-electron chi connectivity index (χ0n) is 12.5. The van der Waals surface area contributed by atoms with Crippen molar-refractivity contribution in [1.29, 1.82) is 0 Å². The van der Waals surface area contributed by atoms with Crippen molar-refractivity contribution in [2.75, 3.05) is 24.8 Å². The molecule has 1 atom stereocenters. The molecule has 2 rings (SSSR count). The molecule has 0 aromatic heterocycles. The Balaban J connectivity index is 2.28. The number of carbonyl (C=O) groups is 1. The molecule has 1 unspecified atom stereocenters. The van der Waals surface area contributed by atoms with Gasteiger partial charge in [-0.2, -0.15) is 0 Å². The molecule has 0 amide bonds. The Morgan fingerprint density at radius 3 is 2.86 bits per heavy atom. The highest BCUT2D eigenvalue weighted by Gasteiger charge is 2.30. The first-order valence-corrected chi connectivity index (χ1v) is 7.28. The number of nitrogens with one attached hydrogen (secondary N) is 1. The second-order valence-electron chi connectivity index (χ2n) is 5.86. The fraction of sp³-hybridized carbons (Fsp3) is 0.533. The van der Waals surface area contributed by atoms with E-state index < -0.39 is 5.97 Å². The quantitative estimate of drug-likeness (QED) is 0.663. The van der Waals surface area contributed by atoms with E-state index in [1.807, 2.05) is 13.8 Å². The summed E-state index contributed by atoms with van der Waals surface area (Å²) in [4.78, 5) is 11.9. The standard InChI is InChI=1S/C15H21ClN2O3/c1-15(2)8-10(4-5-21-15)18-13-11(14(19)20-3)6-9(17)7-12(13)16/h6-7,10,18H,4-5,8,17H2,1-3H3. The number of ether oxygens (including phenoxy) is 2. The third-order valence-corrected chi connectivity index (χ3v) is 3.86. The van der Waals surface area contributed by atoms with Gasteiger partial charge in [-0.1, -0.05) is 11.6 Å². The molecule has 6 heteroatoms. The largest absolute Gasteiger partial charge is 0.465 e. The van der Waals surface area contributed by atoms with E-state index in [0.717, 1.165) is 12.8 Å². The van der Waals surface area contributed by atoms with E-state index in [9.17, 15) is 4.79 Å². The predicted molar refractivity (Wildman–Crippen MR) is 83.9 cm³/mol. The van der Waals surface area contributed by atoms with E-state index in [1.54, 1.807) is 12.1 Å². The maximum Gasteiger partial charge on any atom is 0.340 e. The Bertz CT molecular complexity index is 546. The summed E-state index contributed by atoms with van der Waals surface area (Å²) in [6, 6.07) is 3.38. The molecule has 5 nitrogen and oxygen atoms in total. The van der Waals surface area contributed by atoms with Gasteiger partial charge in [0.15, 0.2) is 0 Å². The molecule has 1 aliphatic rings. The van der Waals surface area contributed by atoms with Crippen molar-refractivity contribution in [3.63, 3.8) is 0 Å². The summed E-state index contributed by atoms with van der Waals surface area (Å²) in [5.74, 6) is -0.460. The molecule has 1 aromatic rings. The Morgan fingerprint density at radius 1 is 1.52 bits per heavy atom. The van der Waals surface area contributed by atoms with Gasteiger partial charge in [0.2, 0.25) is 0 Å². The van der Waals surface area contributed by atoms with Gasteiger partial charge >= 0.3 is 5.97 Å². The summed E-state index contributed by atoms with van der Waals surface area (Å²) in [6.07, 6.45) is 1.68. The fourth-order valence-corrected chi connectivity index (χ4v) is 2.89. The van der Waals surface area contributed by atoms with Crippen molar-refractivity contribution >= 4 is 28.9 Å². The molecule has 1 aliphatic heterocycles. The van der Waals surface area contributed by atoms with Crippen LogP contribution in [0.2, 0.25) is 5.02 Å². The first-order chi connectivity index (χ1) is 9.82. The van der Waals surface area contributed by atoms with Crippen LogP contribution < -0.4 is 11.1 Å². The lowest BCUT2D eigenvalue weighted by Crippen LogP contribution is -2.40. The molecule has 0 bridgehead atoms. The molecule has 1 aromatic carbocycles. The molecule has 1 saturated heterocycles. The first-order valence-electron chi connectivity index (χ1n) is 6.90. The van der Waals surface area contributed by atoms with Crippen molar-refractivity contribution in [1.82, 2.24) is 0 Å². The highest BCUT2D eigenvalue weighted by atomic mass is 35.5. The number of halogens is 1. The van der Waals surface area contributed by atoms with Gasteiger partial charge in [0, 0.05) is 18.3 Å². The summed E-state index contributed by atoms with van der Waals surface area (Å²) in [6.45, 7) is 4.77. The molecule has 116 valence electrons. The normalized spacial score (nSPS) is 20.9. The van der Waals surface area contributed by atoms with E-state index in [4.69, 9.17) is 26.8 Å². The van der Waals surface area contributed by atoms with Crippen LogP contribution in [0.4, 0.5) is 11.4 Å². The second-order valence-corrected chi connectivity index (χ2v) is 6.27. The smallest absolute Gasteiger partial charge is 0.340 e. The Labute approximate surface area is 129 Å². The minimum atomic E-state index is -0.460. The van der Waals surface area contributed by atoms with Gasteiger partial charge in [0.25, 0.3) is 0 Å². The minimum absolute atomic E-state index is 0.179. The summed E-state index contributed by atoms with van der Waals surface area (Å²) >= 11 is 6.24. The molecular weight excluding hydrogens is 292 g/mol. The van der Waals surface area contributed by atoms with Crippen LogP contribution in [0.3, 0.4) is 0 Å². The molecule has 0 spiro atoms. The molecule has 1 fully saturated rings. The van der Waals surface area contributed by atoms with E-state index in [-0.39, 0.29) is 11.6 Å². The van der Waals surface area contributed by atoms with Gasteiger partial charge in [-0.3, -0.25) is 0 Å². The number of methoxy groups -OCH3 is 1. The molecule has 0 aliphatic carbocycles. The van der Waals surface area contributed by atoms with Gasteiger partial charge in [0.05, 0.1) is 29.0 Å². The van der Waals surface area contributed by atoms with Crippen LogP contribution in [0.1, 0.15) is 37.0 Å². The third kappa shape index (κ3) is 3.80. The van der Waals surface area contributed by atoms with Gasteiger partial charge in [-0.05, 0) is 38.8 Å². The molecule has 0 saturated carbocycles. The van der Waals surface area contributed by atoms with E-state index in [0.29, 0.717) is 28.6 Å². The number of anilines is 2. The number of rotatable bonds is 3. The highest BCUT2D eigenvalue weighted by molar-refractivity contribution is 6.34. The lowest BCUT2D eigenvalue weighted by atomic mass is 9.93. The number of hydrogen-bond donors (Lipinski definition) is 2. The van der Waals surface area contributed by atoms with Crippen LogP contribution in [0, 0.1) is 0 Å². The molecular formula is C15H21ClN2O3. The predicted octanol–water partition coefficient (Wildman–Crippen LogP) is 3.08. The van der Waals surface area contributed by atoms with Crippen LogP contribution in [0.15, 0.2) is 12.1 Å². The van der Waals surface area contributed by atoms with Gasteiger partial charge in [-0.15, -0.1) is 0 Å². The number of nitrogen functional groups attached to an aromatic ring is 1. The average Bonchev–Trinajstić information content (AvgIpc) is 2.39. The van der Waals surface area contributed by atoms with Crippen LogP contribution >= 0.6 is 11.6 Å². The Kier molecular flexibility index (Phi) is 4.64. The van der Waals surface area contributed by atoms with Crippen LogP contribution in [-0.4, -0.2) is 31.3 Å². The maximum absolute atomic E-state index is 11.9. The molecule has 0 radical (unpaired) electrons. The number of carbonyl (C=O) groups excluding carboxylic acids is 1.